The Kier molecular flexibility index (Phi) is 6.19. The van der Waals surface area contributed by atoms with Crippen LogP contribution in [0.15, 0.2) is 46.6 Å². The Morgan fingerprint density at radius 2 is 2.10 bits per heavy atom. The van der Waals surface area contributed by atoms with Crippen LogP contribution in [-0.4, -0.2) is 55.6 Å². The summed E-state index contributed by atoms with van der Waals surface area (Å²) in [5.74, 6) is 0. The summed E-state index contributed by atoms with van der Waals surface area (Å²) in [6, 6.07) is 12.0. The molecule has 0 N–H and O–H groups in total. The molecule has 0 bridgehead atoms. The number of amidine groups is 1. The van der Waals surface area contributed by atoms with E-state index in [-0.39, 0.29) is 0 Å². The third-order valence-corrected chi connectivity index (χ3v) is 7.59. The summed E-state index contributed by atoms with van der Waals surface area (Å²) < 4.78 is 0. The van der Waals surface area contributed by atoms with Crippen LogP contribution in [0.2, 0.25) is 0 Å². The molecule has 0 saturated carbocycles. The van der Waals surface area contributed by atoms with Gasteiger partial charge in [0.1, 0.15) is 0 Å². The monoisotopic (exact) mass is 407 g/mol. The Balaban J connectivity index is 2.18. The van der Waals surface area contributed by atoms with Crippen LogP contribution in [0.1, 0.15) is 5.69 Å². The molecule has 0 amide bonds. The van der Waals surface area contributed by atoms with Crippen LogP contribution in [0, 0.1) is 0 Å². The van der Waals surface area contributed by atoms with Gasteiger partial charge in [-0.1, -0.05) is 0 Å². The van der Waals surface area contributed by atoms with Crippen molar-refractivity contribution in [3.63, 3.8) is 0 Å². The third kappa shape index (κ3) is 4.40. The first-order valence-electron chi connectivity index (χ1n) is 5.93. The van der Waals surface area contributed by atoms with Crippen molar-refractivity contribution in [2.75, 3.05) is 14.1 Å². The van der Waals surface area contributed by atoms with Crippen molar-refractivity contribution in [2.45, 2.75) is 0 Å². The fourth-order valence-corrected chi connectivity index (χ4v) is 6.43. The normalized spacial score (nSPS) is 12.1. The molecule has 0 aliphatic heterocycles. The van der Waals surface area contributed by atoms with Crippen molar-refractivity contribution in [3.05, 3.63) is 42.1 Å². The Morgan fingerprint density at radius 3 is 2.85 bits per heavy atom. The maximum absolute atomic E-state index is 5.88. The fraction of sp³-hybridized carbons (Fsp3) is 0.154. The number of benzene rings is 1. The van der Waals surface area contributed by atoms with E-state index in [0.717, 1.165) is 21.8 Å². The second kappa shape index (κ2) is 7.90. The van der Waals surface area contributed by atoms with Crippen LogP contribution in [0.5, 0.6) is 0 Å². The van der Waals surface area contributed by atoms with E-state index in [9.17, 15) is 0 Å². The van der Waals surface area contributed by atoms with E-state index in [4.69, 9.17) is 8.58 Å². The first-order valence-corrected chi connectivity index (χ1v) is 15.0. The van der Waals surface area contributed by atoms with Crippen LogP contribution in [0.25, 0.3) is 10.9 Å². The van der Waals surface area contributed by atoms with Gasteiger partial charge in [0, 0.05) is 0 Å². The molecule has 0 unspecified atom stereocenters. The molecule has 4 nitrogen and oxygen atoms in total. The molecule has 2 aromatic rings. The zero-order chi connectivity index (χ0) is 14.4. The molecule has 1 aromatic carbocycles. The van der Waals surface area contributed by atoms with E-state index in [2.05, 4.69) is 15.2 Å². The molecule has 101 valence electrons. The average molecular weight is 408 g/mol. The number of hydrogen-bond donors (Lipinski definition) is 0. The maximum atomic E-state index is 5.88. The molecule has 0 atom stereocenters. The summed E-state index contributed by atoms with van der Waals surface area (Å²) in [7, 11) is 11.4. The standard InChI is InChI=1S/C13H14N4S.ClH.In/c1-17(2)13(18)16-14-9-11-8-7-10-5-3-4-6-12(10)15-11;;/h3-9H,1-2H3,(H,16,18);1H;/q;;+2/p-2/b14-9+;;. The first-order chi connectivity index (χ1) is 9.70. The second-order valence-corrected chi connectivity index (χ2v) is 12.1. The van der Waals surface area contributed by atoms with Crippen molar-refractivity contribution < 1.29 is 0 Å². The number of para-hydroxylation sites is 1. The molecule has 1 radical (unpaired) electrons. The number of fused-ring (bicyclic) bond motifs is 1. The molecular formula is C13H13ClInN4S. The van der Waals surface area contributed by atoms with Gasteiger partial charge in [-0.05, 0) is 0 Å². The van der Waals surface area contributed by atoms with E-state index in [0.29, 0.717) is 0 Å². The molecular weight excluding hydrogens is 395 g/mol. The molecule has 0 spiro atoms. The van der Waals surface area contributed by atoms with Gasteiger partial charge in [-0.25, -0.2) is 0 Å². The summed E-state index contributed by atoms with van der Waals surface area (Å²) in [6.45, 7) is 0. The summed E-state index contributed by atoms with van der Waals surface area (Å²) in [5, 5.41) is 10.2. The Morgan fingerprint density at radius 1 is 1.30 bits per heavy atom. The van der Waals surface area contributed by atoms with Gasteiger partial charge in [0.25, 0.3) is 0 Å². The van der Waals surface area contributed by atoms with Crippen LogP contribution in [-0.2, 0) is 0 Å². The van der Waals surface area contributed by atoms with E-state index in [1.807, 2.05) is 55.4 Å². The Bertz CT molecular complexity index is 645. The van der Waals surface area contributed by atoms with Gasteiger partial charge in [0.05, 0.1) is 0 Å². The average Bonchev–Trinajstić information content (AvgIpc) is 2.46. The molecule has 2 rings (SSSR count). The third-order valence-electron chi connectivity index (χ3n) is 2.49. The number of hydrogen-bond acceptors (Lipinski definition) is 4. The van der Waals surface area contributed by atoms with Gasteiger partial charge in [-0.3, -0.25) is 0 Å². The van der Waals surface area contributed by atoms with Crippen molar-refractivity contribution in [1.82, 2.24) is 9.88 Å². The summed E-state index contributed by atoms with van der Waals surface area (Å²) in [6.07, 6.45) is 1.66. The quantitative estimate of drug-likeness (QED) is 0.446. The zero-order valence-electron chi connectivity index (χ0n) is 11.2. The van der Waals surface area contributed by atoms with Crippen molar-refractivity contribution >= 4 is 59.7 Å². The van der Waals surface area contributed by atoms with E-state index in [1.54, 1.807) is 14.8 Å². The first kappa shape index (κ1) is 15.7. The number of pyridine rings is 1. The molecule has 0 aliphatic carbocycles. The molecule has 0 aliphatic rings. The molecule has 20 heavy (non-hydrogen) atoms. The van der Waals surface area contributed by atoms with Crippen LogP contribution in [0.4, 0.5) is 0 Å². The molecule has 0 saturated heterocycles. The topological polar surface area (TPSA) is 40.9 Å². The number of aromatic nitrogens is 1. The van der Waals surface area contributed by atoms with Gasteiger partial charge >= 0.3 is 136 Å². The molecule has 1 heterocycles. The van der Waals surface area contributed by atoms with Gasteiger partial charge in [-0.15, -0.1) is 0 Å². The fourth-order valence-electron chi connectivity index (χ4n) is 1.55. The molecule has 0 fully saturated rings. The second-order valence-electron chi connectivity index (χ2n) is 4.16. The van der Waals surface area contributed by atoms with Crippen molar-refractivity contribution in [3.8, 4) is 0 Å². The molecule has 7 heteroatoms. The van der Waals surface area contributed by atoms with Gasteiger partial charge < -0.3 is 0 Å². The zero-order valence-corrected chi connectivity index (χ0v) is 16.1. The van der Waals surface area contributed by atoms with Crippen molar-refractivity contribution in [1.29, 1.82) is 0 Å². The molecule has 1 aromatic heterocycles. The minimum absolute atomic E-state index is 0.795. The summed E-state index contributed by atoms with van der Waals surface area (Å²) >= 11 is -1.08. The van der Waals surface area contributed by atoms with Gasteiger partial charge in [0.2, 0.25) is 0 Å². The van der Waals surface area contributed by atoms with E-state index in [1.165, 1.54) is 0 Å². The predicted molar refractivity (Wildman–Crippen MR) is 89.7 cm³/mol. The van der Waals surface area contributed by atoms with Crippen molar-refractivity contribution in [2.24, 2.45) is 10.2 Å². The Labute approximate surface area is 135 Å². The number of rotatable bonds is 3. The predicted octanol–water partition coefficient (Wildman–Crippen LogP) is 2.99. The SMILES string of the molecule is CN(C)/C(=N/N=C/c1ccc2ccccc2n1)[S][In][Cl]. The summed E-state index contributed by atoms with van der Waals surface area (Å²) in [4.78, 5) is 6.43. The van der Waals surface area contributed by atoms with Crippen LogP contribution < -0.4 is 0 Å². The van der Waals surface area contributed by atoms with Gasteiger partial charge in [0.15, 0.2) is 0 Å². The minimum atomic E-state index is -1.08. The van der Waals surface area contributed by atoms with E-state index >= 15 is 0 Å². The number of halogens is 1. The van der Waals surface area contributed by atoms with E-state index < -0.39 is 20.3 Å². The van der Waals surface area contributed by atoms with Gasteiger partial charge in [-0.2, -0.15) is 0 Å². The van der Waals surface area contributed by atoms with Crippen LogP contribution >= 0.6 is 17.2 Å². The summed E-state index contributed by atoms with van der Waals surface area (Å²) in [5.41, 5.74) is 1.75. The Hall–Kier alpha value is -0.720. The van der Waals surface area contributed by atoms with Crippen LogP contribution in [0.3, 0.4) is 0 Å². The number of nitrogens with zero attached hydrogens (tertiary/aromatic N) is 4.